The van der Waals surface area contributed by atoms with E-state index in [0.717, 1.165) is 27.9 Å². The van der Waals surface area contributed by atoms with Crippen LogP contribution in [0.2, 0.25) is 0 Å². The number of nitrogens with one attached hydrogen (secondary N) is 3. The zero-order chi connectivity index (χ0) is 20.8. The van der Waals surface area contributed by atoms with Crippen molar-refractivity contribution in [3.8, 4) is 5.75 Å². The first-order valence-corrected chi connectivity index (χ1v) is 10.1. The lowest BCUT2D eigenvalue weighted by atomic mass is 10.1. The van der Waals surface area contributed by atoms with Gasteiger partial charge in [0.05, 0.1) is 23.2 Å². The number of ether oxygens (including phenoxy) is 1. The van der Waals surface area contributed by atoms with Gasteiger partial charge in [-0.1, -0.05) is 0 Å². The number of nitrogens with zero attached hydrogens (tertiary/aromatic N) is 1. The van der Waals surface area contributed by atoms with Gasteiger partial charge in [0.1, 0.15) is 5.75 Å². The van der Waals surface area contributed by atoms with E-state index in [1.165, 1.54) is 24.0 Å². The number of benzene rings is 1. The van der Waals surface area contributed by atoms with Gasteiger partial charge in [-0.05, 0) is 43.0 Å². The molecule has 2 heterocycles. The molecule has 3 N–H and O–H groups in total. The lowest BCUT2D eigenvalue weighted by Gasteiger charge is -2.14. The zero-order valence-corrected chi connectivity index (χ0v) is 17.2. The molecule has 0 bridgehead atoms. The third kappa shape index (κ3) is 4.97. The van der Waals surface area contributed by atoms with Crippen LogP contribution in [-0.4, -0.2) is 29.2 Å². The molecule has 1 amide bonds. The average Bonchev–Trinajstić information content (AvgIpc) is 2.73. The number of carbonyl (C=O) groups is 1. The fourth-order valence-corrected chi connectivity index (χ4v) is 3.48. The molecule has 2 aromatic heterocycles. The van der Waals surface area contributed by atoms with Gasteiger partial charge in [-0.3, -0.25) is 14.6 Å². The van der Waals surface area contributed by atoms with Crippen molar-refractivity contribution in [1.82, 2.24) is 15.3 Å². The highest BCUT2D eigenvalue weighted by molar-refractivity contribution is 8.03. The molecule has 3 rings (SSSR count). The third-order valence-electron chi connectivity index (χ3n) is 4.38. The molecule has 0 spiro atoms. The summed E-state index contributed by atoms with van der Waals surface area (Å²) in [5.41, 5.74) is 2.99. The van der Waals surface area contributed by atoms with E-state index in [0.29, 0.717) is 17.1 Å². The molecule has 0 fully saturated rings. The second kappa shape index (κ2) is 9.29. The molecule has 0 aliphatic rings. The molecule has 150 valence electrons. The van der Waals surface area contributed by atoms with Crippen molar-refractivity contribution in [2.75, 3.05) is 18.7 Å². The summed E-state index contributed by atoms with van der Waals surface area (Å²) in [6.07, 6.45) is 5.08. The van der Waals surface area contributed by atoms with Gasteiger partial charge in [-0.25, -0.2) is 0 Å². The number of hydrogen-bond donors (Lipinski definition) is 3. The van der Waals surface area contributed by atoms with Crippen LogP contribution in [0.1, 0.15) is 12.5 Å². The molecule has 0 atom stereocenters. The molecule has 0 radical (unpaired) electrons. The molecule has 0 saturated heterocycles. The molecule has 29 heavy (non-hydrogen) atoms. The standard InChI is InChI=1S/C21H22N4O3S/c1-13(20(29-3)21(27)25-15-4-7-19(26)24-12-15)23-11-14-8-9-22-18-10-16(28-2)5-6-17(14)18/h4-10,12,23H,11H2,1-3H3,(H,24,26)(H,25,27)/b20-13+. The monoisotopic (exact) mass is 410 g/mol. The number of amides is 1. The van der Waals surface area contributed by atoms with E-state index in [1.807, 2.05) is 37.4 Å². The summed E-state index contributed by atoms with van der Waals surface area (Å²) in [6, 6.07) is 10.7. The van der Waals surface area contributed by atoms with E-state index in [-0.39, 0.29) is 11.5 Å². The largest absolute Gasteiger partial charge is 0.497 e. The number of allylic oxidation sites excluding steroid dienone is 1. The lowest BCUT2D eigenvalue weighted by molar-refractivity contribution is -0.112. The Hall–Kier alpha value is -3.26. The maximum atomic E-state index is 12.6. The number of thioether (sulfide) groups is 1. The number of aromatic amines is 1. The SMILES string of the molecule is COc1ccc2c(CN/C(C)=C(/SC)C(=O)Nc3ccc(=O)[nH]c3)ccnc2c1. The predicted molar refractivity (Wildman–Crippen MR) is 117 cm³/mol. The zero-order valence-electron chi connectivity index (χ0n) is 16.4. The van der Waals surface area contributed by atoms with Crippen molar-refractivity contribution in [3.05, 3.63) is 75.3 Å². The smallest absolute Gasteiger partial charge is 0.263 e. The minimum absolute atomic E-state index is 0.219. The van der Waals surface area contributed by atoms with Gasteiger partial charge in [0, 0.05) is 42.2 Å². The van der Waals surface area contributed by atoms with E-state index in [1.54, 1.807) is 19.4 Å². The van der Waals surface area contributed by atoms with Crippen LogP contribution in [0.25, 0.3) is 10.9 Å². The summed E-state index contributed by atoms with van der Waals surface area (Å²) in [5.74, 6) is 0.522. The Morgan fingerprint density at radius 1 is 1.24 bits per heavy atom. The fraction of sp³-hybridized carbons (Fsp3) is 0.190. The maximum absolute atomic E-state index is 12.6. The van der Waals surface area contributed by atoms with Crippen LogP contribution in [0.3, 0.4) is 0 Å². The van der Waals surface area contributed by atoms with Crippen molar-refractivity contribution in [2.24, 2.45) is 0 Å². The quantitative estimate of drug-likeness (QED) is 0.518. The van der Waals surface area contributed by atoms with Gasteiger partial charge >= 0.3 is 0 Å². The van der Waals surface area contributed by atoms with E-state index >= 15 is 0 Å². The van der Waals surface area contributed by atoms with Gasteiger partial charge in [-0.15, -0.1) is 11.8 Å². The van der Waals surface area contributed by atoms with E-state index in [4.69, 9.17) is 4.74 Å². The van der Waals surface area contributed by atoms with Crippen molar-refractivity contribution in [2.45, 2.75) is 13.5 Å². The van der Waals surface area contributed by atoms with Gasteiger partial charge in [0.2, 0.25) is 5.56 Å². The van der Waals surface area contributed by atoms with Crippen LogP contribution < -0.4 is 20.9 Å². The first-order chi connectivity index (χ1) is 14.0. The molecule has 0 aliphatic carbocycles. The number of anilines is 1. The first-order valence-electron chi connectivity index (χ1n) is 8.92. The van der Waals surface area contributed by atoms with Gasteiger partial charge in [0.25, 0.3) is 5.91 Å². The number of rotatable bonds is 7. The summed E-state index contributed by atoms with van der Waals surface area (Å²) < 4.78 is 5.26. The first kappa shape index (κ1) is 20.5. The number of pyridine rings is 2. The number of H-pyrrole nitrogens is 1. The Morgan fingerprint density at radius 3 is 2.76 bits per heavy atom. The fourth-order valence-electron chi connectivity index (χ4n) is 2.87. The number of carbonyl (C=O) groups excluding carboxylic acids is 1. The molecule has 3 aromatic rings. The second-order valence-electron chi connectivity index (χ2n) is 6.26. The third-order valence-corrected chi connectivity index (χ3v) is 5.28. The van der Waals surface area contributed by atoms with E-state index < -0.39 is 0 Å². The Morgan fingerprint density at radius 2 is 2.07 bits per heavy atom. The lowest BCUT2D eigenvalue weighted by Crippen LogP contribution is -2.20. The topological polar surface area (TPSA) is 96.1 Å². The molecular weight excluding hydrogens is 388 g/mol. The summed E-state index contributed by atoms with van der Waals surface area (Å²) in [6.45, 7) is 2.41. The molecule has 0 unspecified atom stereocenters. The predicted octanol–water partition coefficient (Wildman–Crippen LogP) is 3.25. The van der Waals surface area contributed by atoms with Gasteiger partial charge in [-0.2, -0.15) is 0 Å². The van der Waals surface area contributed by atoms with Crippen molar-refractivity contribution >= 4 is 34.3 Å². The van der Waals surface area contributed by atoms with Crippen LogP contribution in [0.15, 0.2) is 64.2 Å². The normalized spacial score (nSPS) is 11.7. The summed E-state index contributed by atoms with van der Waals surface area (Å²) >= 11 is 1.36. The van der Waals surface area contributed by atoms with Crippen LogP contribution in [0.5, 0.6) is 5.75 Å². The van der Waals surface area contributed by atoms with Crippen LogP contribution in [0.4, 0.5) is 5.69 Å². The number of methoxy groups -OCH3 is 1. The van der Waals surface area contributed by atoms with Crippen molar-refractivity contribution in [1.29, 1.82) is 0 Å². The highest BCUT2D eigenvalue weighted by atomic mass is 32.2. The minimum Gasteiger partial charge on any atom is -0.497 e. The molecule has 1 aromatic carbocycles. The molecule has 0 aliphatic heterocycles. The molecule has 8 heteroatoms. The van der Waals surface area contributed by atoms with Crippen molar-refractivity contribution in [3.63, 3.8) is 0 Å². The highest BCUT2D eigenvalue weighted by Gasteiger charge is 2.13. The van der Waals surface area contributed by atoms with E-state index in [2.05, 4.69) is 20.6 Å². The molecule has 7 nitrogen and oxygen atoms in total. The second-order valence-corrected chi connectivity index (χ2v) is 7.08. The minimum atomic E-state index is -0.237. The Balaban J connectivity index is 1.76. The van der Waals surface area contributed by atoms with Crippen LogP contribution in [0, 0.1) is 0 Å². The maximum Gasteiger partial charge on any atom is 0.263 e. The number of fused-ring (bicyclic) bond motifs is 1. The molecular formula is C21H22N4O3S. The van der Waals surface area contributed by atoms with Crippen LogP contribution >= 0.6 is 11.8 Å². The van der Waals surface area contributed by atoms with Gasteiger partial charge in [0.15, 0.2) is 0 Å². The van der Waals surface area contributed by atoms with Gasteiger partial charge < -0.3 is 20.4 Å². The summed E-state index contributed by atoms with van der Waals surface area (Å²) in [7, 11) is 1.63. The summed E-state index contributed by atoms with van der Waals surface area (Å²) in [5, 5.41) is 7.14. The average molecular weight is 410 g/mol. The number of aromatic nitrogens is 2. The Kier molecular flexibility index (Phi) is 6.56. The van der Waals surface area contributed by atoms with Crippen molar-refractivity contribution < 1.29 is 9.53 Å². The molecule has 0 saturated carbocycles. The Labute approximate surface area is 172 Å². The number of hydrogen-bond acceptors (Lipinski definition) is 6. The highest BCUT2D eigenvalue weighted by Crippen LogP contribution is 2.23. The van der Waals surface area contributed by atoms with E-state index in [9.17, 15) is 9.59 Å². The summed E-state index contributed by atoms with van der Waals surface area (Å²) in [4.78, 5) is 31.3. The van der Waals surface area contributed by atoms with Crippen LogP contribution in [-0.2, 0) is 11.3 Å². The Bertz CT molecular complexity index is 1100.